The Kier molecular flexibility index (Phi) is 10.9. The van der Waals surface area contributed by atoms with Crippen molar-refractivity contribution in [2.75, 3.05) is 38.5 Å². The highest BCUT2D eigenvalue weighted by molar-refractivity contribution is 8.00. The molecule has 2 fully saturated rings. The van der Waals surface area contributed by atoms with E-state index in [-0.39, 0.29) is 43.7 Å². The van der Waals surface area contributed by atoms with E-state index in [4.69, 9.17) is 22.2 Å². The highest BCUT2D eigenvalue weighted by atomic mass is 35.5. The molecule has 2 saturated heterocycles. The second-order valence-electron chi connectivity index (χ2n) is 13.1. The number of piperidine rings is 1. The van der Waals surface area contributed by atoms with Crippen LogP contribution >= 0.6 is 34.7 Å². The molecule has 1 aromatic carbocycles. The summed E-state index contributed by atoms with van der Waals surface area (Å²) in [6, 6.07) is 1.72. The van der Waals surface area contributed by atoms with Gasteiger partial charge in [0.2, 0.25) is 5.60 Å². The number of halogens is 1. The van der Waals surface area contributed by atoms with Crippen molar-refractivity contribution in [1.29, 1.82) is 0 Å². The minimum absolute atomic E-state index is 0.0141. The Morgan fingerprint density at radius 1 is 1.22 bits per heavy atom. The van der Waals surface area contributed by atoms with Crippen molar-refractivity contribution >= 4 is 69.2 Å². The lowest BCUT2D eigenvalue weighted by Crippen LogP contribution is -2.71. The van der Waals surface area contributed by atoms with Crippen LogP contribution in [0.3, 0.4) is 0 Å². The van der Waals surface area contributed by atoms with Gasteiger partial charge in [0, 0.05) is 21.9 Å². The van der Waals surface area contributed by atoms with Crippen LogP contribution in [0.15, 0.2) is 33.9 Å². The van der Waals surface area contributed by atoms with E-state index in [0.29, 0.717) is 19.6 Å². The van der Waals surface area contributed by atoms with Crippen LogP contribution in [0.4, 0.5) is 5.13 Å². The maximum atomic E-state index is 13.6. The number of likely N-dealkylation sites (tertiary alicyclic amines) is 1. The van der Waals surface area contributed by atoms with E-state index < -0.39 is 40.9 Å². The molecule has 0 unspecified atom stereocenters. The molecule has 2 aromatic rings. The number of rotatable bonds is 12. The van der Waals surface area contributed by atoms with Crippen molar-refractivity contribution in [2.24, 2.45) is 5.16 Å². The third-order valence-corrected chi connectivity index (χ3v) is 11.8. The van der Waals surface area contributed by atoms with Crippen molar-refractivity contribution in [2.45, 2.75) is 69.2 Å². The van der Waals surface area contributed by atoms with Crippen molar-refractivity contribution in [3.63, 3.8) is 0 Å². The number of aromatic nitrogens is 1. The number of carboxylic acid groups (broad SMARTS) is 1. The first-order valence-corrected chi connectivity index (χ1v) is 18.3. The van der Waals surface area contributed by atoms with Gasteiger partial charge in [0.15, 0.2) is 22.3 Å². The highest BCUT2D eigenvalue weighted by Gasteiger charge is 2.54. The number of nitrogen functional groups attached to an aromatic ring is 1. The molecule has 0 radical (unpaired) electrons. The second-order valence-corrected chi connectivity index (χ2v) is 15.9. The molecular weight excluding hydrogens is 710 g/mol. The van der Waals surface area contributed by atoms with Crippen LogP contribution in [0, 0.1) is 0 Å². The van der Waals surface area contributed by atoms with Crippen LogP contribution in [-0.4, -0.2) is 114 Å². The van der Waals surface area contributed by atoms with Gasteiger partial charge in [-0.25, -0.2) is 9.78 Å². The maximum absolute atomic E-state index is 13.6. The number of nitrogens with one attached hydrogen (secondary N) is 2. The maximum Gasteiger partial charge on any atom is 0.350 e. The van der Waals surface area contributed by atoms with Crippen LogP contribution < -0.4 is 16.4 Å². The van der Waals surface area contributed by atoms with Gasteiger partial charge in [0.1, 0.15) is 23.7 Å². The number of aliphatic carboxylic acids is 1. The van der Waals surface area contributed by atoms with Gasteiger partial charge in [-0.2, -0.15) is 0 Å². The summed E-state index contributed by atoms with van der Waals surface area (Å²) in [6.07, 6.45) is 3.17. The molecule has 0 saturated carbocycles. The molecule has 0 aliphatic carbocycles. The second kappa shape index (κ2) is 14.7. The molecule has 3 aliphatic rings. The van der Waals surface area contributed by atoms with Crippen molar-refractivity contribution < 1.29 is 43.8 Å². The molecule has 3 aliphatic heterocycles. The van der Waals surface area contributed by atoms with Crippen molar-refractivity contribution in [1.82, 2.24) is 20.5 Å². The summed E-state index contributed by atoms with van der Waals surface area (Å²) in [6.45, 7) is 10.1. The molecule has 4 heterocycles. The average molecular weight is 751 g/mol. The highest BCUT2D eigenvalue weighted by Crippen LogP contribution is 2.45. The number of thioether (sulfide) groups is 1. The number of benzene rings is 1. The summed E-state index contributed by atoms with van der Waals surface area (Å²) in [5.74, 6) is -3.73. The number of hydrogen-bond donors (Lipinski definition) is 6. The number of phenolic OH excluding ortho intramolecular Hbond substituents is 2. The quantitative estimate of drug-likeness (QED) is 0.0610. The first-order valence-electron chi connectivity index (χ1n) is 16.1. The lowest BCUT2D eigenvalue weighted by Gasteiger charge is -2.53. The fraction of sp³-hybridized carbons (Fsp3) is 0.500. The fourth-order valence-electron chi connectivity index (χ4n) is 6.32. The van der Waals surface area contributed by atoms with Crippen molar-refractivity contribution in [3.05, 3.63) is 45.1 Å². The van der Waals surface area contributed by atoms with E-state index in [1.165, 1.54) is 31.4 Å². The molecule has 7 N–H and O–H groups in total. The largest absolute Gasteiger partial charge is 0.504 e. The molecule has 270 valence electrons. The van der Waals surface area contributed by atoms with Gasteiger partial charge in [-0.3, -0.25) is 19.3 Å². The first kappa shape index (κ1) is 37.2. The van der Waals surface area contributed by atoms with Gasteiger partial charge in [-0.05, 0) is 59.1 Å². The zero-order valence-corrected chi connectivity index (χ0v) is 30.5. The predicted octanol–water partition coefficient (Wildman–Crippen LogP) is 2.87. The van der Waals surface area contributed by atoms with Gasteiger partial charge in [0.25, 0.3) is 17.7 Å². The third kappa shape index (κ3) is 7.50. The van der Waals surface area contributed by atoms with E-state index in [1.807, 2.05) is 6.92 Å². The topological polar surface area (TPSA) is 217 Å². The molecular formula is C32H41ClN7O8S2+. The smallest absolute Gasteiger partial charge is 0.350 e. The number of carbonyl (C=O) groups excluding carboxylic acids is 3. The number of anilines is 1. The number of carbonyl (C=O) groups is 4. The first-order chi connectivity index (χ1) is 23.5. The number of nitrogens with two attached hydrogens (primary N) is 1. The van der Waals surface area contributed by atoms with Gasteiger partial charge in [0.05, 0.1) is 36.8 Å². The van der Waals surface area contributed by atoms with E-state index >= 15 is 0 Å². The van der Waals surface area contributed by atoms with E-state index in [0.717, 1.165) is 59.4 Å². The number of β-lactam (4-membered cyclic amide) rings is 1. The van der Waals surface area contributed by atoms with Crippen LogP contribution in [0.25, 0.3) is 0 Å². The standard InChI is InChI=1S/C32H40ClN7O8S2/c1-16-19(14-40(11-6-5-7-12-40)13-10-35-26(43)18-8-9-21(41)25(42)22(18)33)17(2)50-29-24(28(45)39(16)29)37-27(44)23(20-15-49-31(34)36-20)38-48-32(3,4)30(46)47/h8-9,15,17,24,29H,5-7,10-14H2,1-4H3,(H6-,34,35,36,37,38,41,42,43,44,46,47)/p+1/t17-,24+,29+/m0/s1. The molecule has 0 spiro atoms. The number of quaternary nitrogens is 1. The monoisotopic (exact) mass is 750 g/mol. The summed E-state index contributed by atoms with van der Waals surface area (Å²) in [4.78, 5) is 62.5. The Bertz CT molecular complexity index is 1760. The Balaban J connectivity index is 1.29. The Morgan fingerprint density at radius 3 is 2.56 bits per heavy atom. The number of phenols is 2. The Morgan fingerprint density at radius 2 is 1.92 bits per heavy atom. The number of fused-ring (bicyclic) bond motifs is 1. The zero-order valence-electron chi connectivity index (χ0n) is 28.1. The summed E-state index contributed by atoms with van der Waals surface area (Å²) in [7, 11) is 0. The van der Waals surface area contributed by atoms with Crippen molar-refractivity contribution in [3.8, 4) is 11.5 Å². The number of thiazole rings is 1. The number of amides is 3. The Hall–Kier alpha value is -4.06. The molecule has 3 amide bonds. The van der Waals surface area contributed by atoms with E-state index in [1.54, 1.807) is 16.7 Å². The third-order valence-electron chi connectivity index (χ3n) is 9.33. The summed E-state index contributed by atoms with van der Waals surface area (Å²) in [5.41, 5.74) is 5.86. The number of hydrogen-bond acceptors (Lipinski definition) is 12. The van der Waals surface area contributed by atoms with E-state index in [9.17, 15) is 34.5 Å². The number of aromatic hydroxyl groups is 2. The van der Waals surface area contributed by atoms with Crippen LogP contribution in [-0.2, 0) is 19.2 Å². The summed E-state index contributed by atoms with van der Waals surface area (Å²) in [5, 5.41) is 39.6. The molecule has 0 bridgehead atoms. The SMILES string of the molecule is CC1=C(C[N+]2(CCNC(=O)c3ccc(O)c(O)c3Cl)CCCCC2)[C@H](C)S[C@@H]2[C@H](NC(=O)/C(=N\OC(C)(C)C(=O)O)c3csc(N)n3)C(=O)N12. The van der Waals surface area contributed by atoms with Gasteiger partial charge < -0.3 is 41.0 Å². The Labute approximate surface area is 302 Å². The lowest BCUT2D eigenvalue weighted by atomic mass is 9.98. The van der Waals surface area contributed by atoms with Crippen LogP contribution in [0.1, 0.15) is 63.0 Å². The average Bonchev–Trinajstić information content (AvgIpc) is 3.50. The fourth-order valence-corrected chi connectivity index (χ4v) is 8.67. The lowest BCUT2D eigenvalue weighted by molar-refractivity contribution is -0.927. The zero-order chi connectivity index (χ0) is 36.5. The minimum atomic E-state index is -1.73. The number of carboxylic acids is 1. The molecule has 3 atom stereocenters. The molecule has 18 heteroatoms. The summed E-state index contributed by atoms with van der Waals surface area (Å²) >= 11 is 8.73. The van der Waals surface area contributed by atoms with Gasteiger partial charge in [-0.1, -0.05) is 16.8 Å². The van der Waals surface area contributed by atoms with Gasteiger partial charge in [-0.15, -0.1) is 23.1 Å². The van der Waals surface area contributed by atoms with Crippen LogP contribution in [0.5, 0.6) is 11.5 Å². The van der Waals surface area contributed by atoms with E-state index in [2.05, 4.69) is 27.7 Å². The normalized spacial score (nSPS) is 22.0. The molecule has 15 nitrogen and oxygen atoms in total. The number of allylic oxidation sites excluding steroid dienone is 1. The summed E-state index contributed by atoms with van der Waals surface area (Å²) < 4.78 is 0.725. The van der Waals surface area contributed by atoms with Crippen LogP contribution in [0.2, 0.25) is 5.02 Å². The predicted molar refractivity (Wildman–Crippen MR) is 189 cm³/mol. The molecule has 5 rings (SSSR count). The minimum Gasteiger partial charge on any atom is -0.504 e. The van der Waals surface area contributed by atoms with Gasteiger partial charge >= 0.3 is 5.97 Å². The molecule has 1 aromatic heterocycles. The number of oxime groups is 1. The molecule has 50 heavy (non-hydrogen) atoms. The number of nitrogens with zero attached hydrogens (tertiary/aromatic N) is 4.